The second-order valence-electron chi connectivity index (χ2n) is 7.70. The lowest BCUT2D eigenvalue weighted by Crippen LogP contribution is -2.34. The van der Waals surface area contributed by atoms with Gasteiger partial charge in [0.05, 0.1) is 16.0 Å². The fraction of sp³-hybridized carbons (Fsp3) is 0.208. The van der Waals surface area contributed by atoms with Crippen LogP contribution in [0.5, 0.6) is 5.75 Å². The van der Waals surface area contributed by atoms with Crippen molar-refractivity contribution < 1.29 is 17.9 Å². The molecular weight excluding hydrogens is 483 g/mol. The summed E-state index contributed by atoms with van der Waals surface area (Å²) in [6, 6.07) is 18.4. The van der Waals surface area contributed by atoms with Crippen LogP contribution in [0.4, 0.5) is 5.69 Å². The van der Waals surface area contributed by atoms with Crippen molar-refractivity contribution in [2.75, 3.05) is 11.3 Å². The molecule has 1 aliphatic rings. The lowest BCUT2D eigenvalue weighted by molar-refractivity contribution is -0.123. The Bertz CT molecular complexity index is 1260. The molecule has 9 heteroatoms. The van der Waals surface area contributed by atoms with Gasteiger partial charge >= 0.3 is 0 Å². The fourth-order valence-electron chi connectivity index (χ4n) is 3.78. The summed E-state index contributed by atoms with van der Waals surface area (Å²) in [6.07, 6.45) is 2.89. The summed E-state index contributed by atoms with van der Waals surface area (Å²) in [5.41, 5.74) is 2.76. The summed E-state index contributed by atoms with van der Waals surface area (Å²) in [5.74, 6) is -0.0461. The zero-order valence-electron chi connectivity index (χ0n) is 17.6. The lowest BCUT2D eigenvalue weighted by atomic mass is 9.88. The minimum absolute atomic E-state index is 0.0296. The third-order valence-corrected chi connectivity index (χ3v) is 7.30. The highest BCUT2D eigenvalue weighted by Gasteiger charge is 2.22. The van der Waals surface area contributed by atoms with E-state index in [0.717, 1.165) is 24.8 Å². The van der Waals surface area contributed by atoms with E-state index in [2.05, 4.69) is 16.1 Å². The van der Waals surface area contributed by atoms with E-state index in [0.29, 0.717) is 10.7 Å². The van der Waals surface area contributed by atoms with Crippen LogP contribution in [-0.2, 0) is 21.2 Å². The summed E-state index contributed by atoms with van der Waals surface area (Å²) in [5, 5.41) is 3.60. The molecule has 6 nitrogen and oxygen atoms in total. The Balaban J connectivity index is 1.37. The number of fused-ring (bicyclic) bond motifs is 1. The number of sulfonamides is 1. The molecule has 33 heavy (non-hydrogen) atoms. The van der Waals surface area contributed by atoms with Gasteiger partial charge in [-0.1, -0.05) is 47.5 Å². The standard InChI is InChI=1S/C24H22Cl2N2O4S/c25-17-8-10-18(11-9-17)28-33(30,31)19-12-13-23(21(26)14-19)32-15-24(29)27-22-7-3-5-16-4-1-2-6-20(16)22/h1-2,4,6,8-14,22,28H,3,5,7,15H2,(H,27,29)/t22-/m0/s1. The number of halogens is 2. The first-order valence-corrected chi connectivity index (χ1v) is 12.6. The molecule has 1 aliphatic carbocycles. The number of benzene rings is 3. The van der Waals surface area contributed by atoms with Gasteiger partial charge in [0.25, 0.3) is 15.9 Å². The number of aryl methyl sites for hydroxylation is 1. The summed E-state index contributed by atoms with van der Waals surface area (Å²) in [6.45, 7) is -0.229. The number of hydrogen-bond acceptors (Lipinski definition) is 4. The van der Waals surface area contributed by atoms with Crippen LogP contribution in [-0.4, -0.2) is 20.9 Å². The van der Waals surface area contributed by atoms with Gasteiger partial charge in [0, 0.05) is 10.7 Å². The number of carbonyl (C=O) groups is 1. The Labute approximate surface area is 202 Å². The van der Waals surface area contributed by atoms with Crippen LogP contribution in [0.15, 0.2) is 71.6 Å². The van der Waals surface area contributed by atoms with Crippen LogP contribution in [0.2, 0.25) is 10.0 Å². The highest BCUT2D eigenvalue weighted by atomic mass is 35.5. The number of anilines is 1. The van der Waals surface area contributed by atoms with E-state index in [-0.39, 0.29) is 34.2 Å². The van der Waals surface area contributed by atoms with Crippen molar-refractivity contribution in [3.05, 3.63) is 87.9 Å². The molecule has 0 saturated carbocycles. The average Bonchev–Trinajstić information content (AvgIpc) is 2.80. The molecule has 1 amide bonds. The smallest absolute Gasteiger partial charge is 0.261 e. The quantitative estimate of drug-likeness (QED) is 0.453. The lowest BCUT2D eigenvalue weighted by Gasteiger charge is -2.26. The third-order valence-electron chi connectivity index (χ3n) is 5.37. The molecule has 0 fully saturated rings. The van der Waals surface area contributed by atoms with E-state index in [1.807, 2.05) is 18.2 Å². The topological polar surface area (TPSA) is 84.5 Å². The van der Waals surface area contributed by atoms with Crippen molar-refractivity contribution in [2.45, 2.75) is 30.2 Å². The van der Waals surface area contributed by atoms with Crippen LogP contribution < -0.4 is 14.8 Å². The van der Waals surface area contributed by atoms with Crippen LogP contribution >= 0.6 is 23.2 Å². The molecule has 0 saturated heterocycles. The zero-order valence-corrected chi connectivity index (χ0v) is 19.9. The van der Waals surface area contributed by atoms with Gasteiger partial charge in [-0.05, 0) is 72.9 Å². The minimum atomic E-state index is -3.86. The minimum Gasteiger partial charge on any atom is -0.482 e. The maximum Gasteiger partial charge on any atom is 0.261 e. The second-order valence-corrected chi connectivity index (χ2v) is 10.2. The summed E-state index contributed by atoms with van der Waals surface area (Å²) in [4.78, 5) is 12.4. The molecule has 0 bridgehead atoms. The molecule has 3 aromatic carbocycles. The van der Waals surface area contributed by atoms with Gasteiger partial charge in [-0.25, -0.2) is 8.42 Å². The van der Waals surface area contributed by atoms with E-state index in [1.54, 1.807) is 24.3 Å². The molecule has 4 rings (SSSR count). The van der Waals surface area contributed by atoms with Gasteiger partial charge in [-0.15, -0.1) is 0 Å². The Hall–Kier alpha value is -2.74. The SMILES string of the molecule is O=C(COc1ccc(S(=O)(=O)Nc2ccc(Cl)cc2)cc1Cl)N[C@H]1CCCc2ccccc21. The van der Waals surface area contributed by atoms with Crippen LogP contribution in [0.25, 0.3) is 0 Å². The van der Waals surface area contributed by atoms with Crippen LogP contribution in [0, 0.1) is 0 Å². The normalized spacial score (nSPS) is 15.4. The van der Waals surface area contributed by atoms with E-state index in [1.165, 1.54) is 23.8 Å². The van der Waals surface area contributed by atoms with E-state index >= 15 is 0 Å². The highest BCUT2D eigenvalue weighted by molar-refractivity contribution is 7.92. The predicted molar refractivity (Wildman–Crippen MR) is 129 cm³/mol. The molecule has 0 radical (unpaired) electrons. The molecule has 0 spiro atoms. The number of amides is 1. The van der Waals surface area contributed by atoms with Crippen molar-refractivity contribution in [2.24, 2.45) is 0 Å². The number of nitrogens with one attached hydrogen (secondary N) is 2. The van der Waals surface area contributed by atoms with Gasteiger partial charge in [-0.2, -0.15) is 0 Å². The summed E-state index contributed by atoms with van der Waals surface area (Å²) >= 11 is 12.1. The van der Waals surface area contributed by atoms with Crippen molar-refractivity contribution in [3.63, 3.8) is 0 Å². The fourth-order valence-corrected chi connectivity index (χ4v) is 5.29. The molecule has 3 aromatic rings. The summed E-state index contributed by atoms with van der Waals surface area (Å²) in [7, 11) is -3.86. The Morgan fingerprint density at radius 2 is 1.79 bits per heavy atom. The largest absolute Gasteiger partial charge is 0.482 e. The molecule has 0 aliphatic heterocycles. The first-order chi connectivity index (χ1) is 15.8. The number of carbonyl (C=O) groups excluding carboxylic acids is 1. The Morgan fingerprint density at radius 3 is 2.55 bits per heavy atom. The van der Waals surface area contributed by atoms with Gasteiger partial charge in [0.1, 0.15) is 5.75 Å². The van der Waals surface area contributed by atoms with Crippen molar-refractivity contribution >= 4 is 44.8 Å². The molecule has 0 heterocycles. The van der Waals surface area contributed by atoms with Crippen LogP contribution in [0.1, 0.15) is 30.0 Å². The molecule has 2 N–H and O–H groups in total. The monoisotopic (exact) mass is 504 g/mol. The van der Waals surface area contributed by atoms with Crippen molar-refractivity contribution in [3.8, 4) is 5.75 Å². The highest BCUT2D eigenvalue weighted by Crippen LogP contribution is 2.30. The predicted octanol–water partition coefficient (Wildman–Crippen LogP) is 5.37. The maximum absolute atomic E-state index is 12.6. The Morgan fingerprint density at radius 1 is 1.03 bits per heavy atom. The number of ether oxygens (including phenoxy) is 1. The van der Waals surface area contributed by atoms with Crippen LogP contribution in [0.3, 0.4) is 0 Å². The third kappa shape index (κ3) is 5.79. The molecular formula is C24H22Cl2N2O4S. The molecule has 0 unspecified atom stereocenters. The maximum atomic E-state index is 12.6. The average molecular weight is 505 g/mol. The van der Waals surface area contributed by atoms with E-state index in [9.17, 15) is 13.2 Å². The zero-order chi connectivity index (χ0) is 23.4. The molecule has 172 valence electrons. The van der Waals surface area contributed by atoms with E-state index < -0.39 is 10.0 Å². The summed E-state index contributed by atoms with van der Waals surface area (Å²) < 4.78 is 33.3. The van der Waals surface area contributed by atoms with Crippen molar-refractivity contribution in [1.29, 1.82) is 0 Å². The van der Waals surface area contributed by atoms with Gasteiger partial charge in [0.15, 0.2) is 6.61 Å². The molecule has 1 atom stereocenters. The Kier molecular flexibility index (Phi) is 7.12. The number of rotatable bonds is 7. The first-order valence-electron chi connectivity index (χ1n) is 10.4. The number of hydrogen-bond donors (Lipinski definition) is 2. The first kappa shape index (κ1) is 23.4. The van der Waals surface area contributed by atoms with Crippen molar-refractivity contribution in [1.82, 2.24) is 5.32 Å². The second kappa shape index (κ2) is 10.0. The molecule has 0 aromatic heterocycles. The van der Waals surface area contributed by atoms with Gasteiger partial charge < -0.3 is 10.1 Å². The van der Waals surface area contributed by atoms with Gasteiger partial charge in [0.2, 0.25) is 0 Å². The van der Waals surface area contributed by atoms with E-state index in [4.69, 9.17) is 27.9 Å². The van der Waals surface area contributed by atoms with Gasteiger partial charge in [-0.3, -0.25) is 9.52 Å².